The Balaban J connectivity index is 1.45. The second kappa shape index (κ2) is 6.79. The third-order valence-corrected chi connectivity index (χ3v) is 4.16. The summed E-state index contributed by atoms with van der Waals surface area (Å²) in [6.45, 7) is 0.872. The van der Waals surface area contributed by atoms with Gasteiger partial charge in [0.05, 0.1) is 19.9 Å². The summed E-state index contributed by atoms with van der Waals surface area (Å²) in [5.74, 6) is 1.08. The van der Waals surface area contributed by atoms with Crippen molar-refractivity contribution < 1.29 is 9.47 Å². The molecule has 0 saturated carbocycles. The van der Waals surface area contributed by atoms with Gasteiger partial charge in [0.1, 0.15) is 18.0 Å². The van der Waals surface area contributed by atoms with Crippen LogP contribution in [0.3, 0.4) is 0 Å². The molecule has 0 amide bonds. The maximum atomic E-state index is 12.3. The van der Waals surface area contributed by atoms with Crippen LogP contribution < -0.4 is 14.9 Å². The molecule has 132 valence electrons. The molecule has 7 heteroatoms. The number of rotatable bonds is 6. The molecule has 0 saturated heterocycles. The first-order valence-electron chi connectivity index (χ1n) is 8.19. The van der Waals surface area contributed by atoms with Crippen molar-refractivity contribution in [1.29, 1.82) is 0 Å². The molecule has 0 aliphatic rings. The highest BCUT2D eigenvalue weighted by atomic mass is 16.5. The van der Waals surface area contributed by atoms with Crippen LogP contribution in [0.5, 0.6) is 11.5 Å². The van der Waals surface area contributed by atoms with Gasteiger partial charge in [-0.25, -0.2) is 4.52 Å². The Morgan fingerprint density at radius 1 is 1.15 bits per heavy atom. The summed E-state index contributed by atoms with van der Waals surface area (Å²) in [5, 5.41) is 4.17. The van der Waals surface area contributed by atoms with Crippen molar-refractivity contribution in [2.45, 2.75) is 13.2 Å². The summed E-state index contributed by atoms with van der Waals surface area (Å²) in [5.41, 5.74) is 2.57. The van der Waals surface area contributed by atoms with E-state index >= 15 is 0 Å². The fourth-order valence-electron chi connectivity index (χ4n) is 2.77. The Kier molecular flexibility index (Phi) is 4.18. The van der Waals surface area contributed by atoms with Crippen LogP contribution in [0.1, 0.15) is 11.3 Å². The van der Waals surface area contributed by atoms with E-state index in [1.165, 1.54) is 0 Å². The van der Waals surface area contributed by atoms with Gasteiger partial charge in [-0.3, -0.25) is 4.79 Å². The largest absolute Gasteiger partial charge is 0.497 e. The molecule has 1 aromatic carbocycles. The van der Waals surface area contributed by atoms with E-state index in [2.05, 4.69) is 10.1 Å². The number of aromatic amines is 1. The Labute approximate surface area is 149 Å². The van der Waals surface area contributed by atoms with Crippen LogP contribution in [0.25, 0.3) is 5.65 Å². The standard InChI is InChI=1S/C19H18N4O3/c1-25-16-4-2-14(3-5-16)13-26-18-11-20-15(10-17(18)24)12-22-8-9-23-19(22)6-7-21-23/h2-11H,12-13H2,1H3,(H,20,24). The van der Waals surface area contributed by atoms with Crippen molar-refractivity contribution >= 4 is 5.65 Å². The molecular formula is C19H18N4O3. The Hall–Kier alpha value is -3.48. The van der Waals surface area contributed by atoms with E-state index in [0.29, 0.717) is 18.9 Å². The molecule has 0 aliphatic heterocycles. The number of aromatic nitrogens is 4. The van der Waals surface area contributed by atoms with Crippen molar-refractivity contribution in [3.63, 3.8) is 0 Å². The molecule has 0 aliphatic carbocycles. The Bertz CT molecular complexity index is 1080. The molecule has 3 aromatic heterocycles. The van der Waals surface area contributed by atoms with E-state index in [1.807, 2.05) is 47.3 Å². The van der Waals surface area contributed by atoms with E-state index in [1.54, 1.807) is 30.1 Å². The molecule has 0 unspecified atom stereocenters. The van der Waals surface area contributed by atoms with Crippen LogP contribution in [0.2, 0.25) is 0 Å². The van der Waals surface area contributed by atoms with Crippen LogP contribution in [0.4, 0.5) is 0 Å². The van der Waals surface area contributed by atoms with Gasteiger partial charge in [-0.15, -0.1) is 0 Å². The predicted molar refractivity (Wildman–Crippen MR) is 96.7 cm³/mol. The molecule has 4 aromatic rings. The minimum absolute atomic E-state index is 0.149. The second-order valence-electron chi connectivity index (χ2n) is 5.88. The molecule has 3 heterocycles. The average Bonchev–Trinajstić information content (AvgIpc) is 3.27. The maximum Gasteiger partial charge on any atom is 0.223 e. The minimum atomic E-state index is -0.149. The van der Waals surface area contributed by atoms with Gasteiger partial charge in [0, 0.05) is 36.4 Å². The van der Waals surface area contributed by atoms with Gasteiger partial charge < -0.3 is 19.0 Å². The summed E-state index contributed by atoms with van der Waals surface area (Å²) >= 11 is 0. The number of ether oxygens (including phenoxy) is 2. The normalized spacial score (nSPS) is 11.0. The summed E-state index contributed by atoms with van der Waals surface area (Å²) in [4.78, 5) is 15.4. The van der Waals surface area contributed by atoms with E-state index in [9.17, 15) is 4.79 Å². The molecular weight excluding hydrogens is 332 g/mol. The van der Waals surface area contributed by atoms with E-state index < -0.39 is 0 Å². The number of hydrogen-bond donors (Lipinski definition) is 1. The molecule has 0 fully saturated rings. The SMILES string of the molecule is COc1ccc(COc2c[nH]c(Cn3ccn4nccc34)cc2=O)cc1. The van der Waals surface area contributed by atoms with Crippen molar-refractivity contribution in [1.82, 2.24) is 19.2 Å². The van der Waals surface area contributed by atoms with Gasteiger partial charge in [-0.2, -0.15) is 5.10 Å². The number of H-pyrrole nitrogens is 1. The van der Waals surface area contributed by atoms with E-state index in [-0.39, 0.29) is 5.43 Å². The molecule has 7 nitrogen and oxygen atoms in total. The third-order valence-electron chi connectivity index (χ3n) is 4.16. The summed E-state index contributed by atoms with van der Waals surface area (Å²) in [6, 6.07) is 11.0. The predicted octanol–water partition coefficient (Wildman–Crippen LogP) is 2.46. The number of fused-ring (bicyclic) bond motifs is 1. The summed E-state index contributed by atoms with van der Waals surface area (Å²) in [6.07, 6.45) is 7.15. The number of nitrogens with one attached hydrogen (secondary N) is 1. The van der Waals surface area contributed by atoms with Crippen molar-refractivity contribution in [3.05, 3.63) is 82.7 Å². The second-order valence-corrected chi connectivity index (χ2v) is 5.88. The molecule has 26 heavy (non-hydrogen) atoms. The highest BCUT2D eigenvalue weighted by Gasteiger charge is 2.06. The number of benzene rings is 1. The number of methoxy groups -OCH3 is 1. The van der Waals surface area contributed by atoms with Gasteiger partial charge in [0.25, 0.3) is 0 Å². The maximum absolute atomic E-state index is 12.3. The first kappa shape index (κ1) is 16.0. The van der Waals surface area contributed by atoms with Gasteiger partial charge in [-0.05, 0) is 17.7 Å². The van der Waals surface area contributed by atoms with Crippen LogP contribution in [0.15, 0.2) is 66.0 Å². The van der Waals surface area contributed by atoms with Crippen LogP contribution in [-0.4, -0.2) is 26.3 Å². The number of pyridine rings is 1. The lowest BCUT2D eigenvalue weighted by Crippen LogP contribution is -2.11. The number of hydrogen-bond acceptors (Lipinski definition) is 4. The van der Waals surface area contributed by atoms with Gasteiger partial charge >= 0.3 is 0 Å². The lowest BCUT2D eigenvalue weighted by atomic mass is 10.2. The molecule has 4 rings (SSSR count). The number of imidazole rings is 1. The number of nitrogens with zero attached hydrogens (tertiary/aromatic N) is 3. The Morgan fingerprint density at radius 2 is 2.00 bits per heavy atom. The zero-order valence-electron chi connectivity index (χ0n) is 14.3. The molecule has 0 atom stereocenters. The molecule has 1 N–H and O–H groups in total. The van der Waals surface area contributed by atoms with Gasteiger partial charge in [0.15, 0.2) is 5.75 Å². The highest BCUT2D eigenvalue weighted by molar-refractivity contribution is 5.38. The molecule has 0 spiro atoms. The third kappa shape index (κ3) is 3.19. The first-order chi connectivity index (χ1) is 12.7. The van der Waals surface area contributed by atoms with Gasteiger partial charge in [-0.1, -0.05) is 12.1 Å². The van der Waals surface area contributed by atoms with Crippen molar-refractivity contribution in [2.24, 2.45) is 0 Å². The van der Waals surface area contributed by atoms with Crippen LogP contribution >= 0.6 is 0 Å². The van der Waals surface area contributed by atoms with Gasteiger partial charge in [0.2, 0.25) is 5.43 Å². The smallest absolute Gasteiger partial charge is 0.223 e. The molecule has 0 radical (unpaired) electrons. The van der Waals surface area contributed by atoms with Crippen LogP contribution in [-0.2, 0) is 13.2 Å². The Morgan fingerprint density at radius 3 is 2.77 bits per heavy atom. The molecule has 0 bridgehead atoms. The fourth-order valence-corrected chi connectivity index (χ4v) is 2.77. The summed E-state index contributed by atoms with van der Waals surface area (Å²) < 4.78 is 14.6. The first-order valence-corrected chi connectivity index (χ1v) is 8.19. The zero-order valence-corrected chi connectivity index (χ0v) is 14.3. The summed E-state index contributed by atoms with van der Waals surface area (Å²) in [7, 11) is 1.62. The highest BCUT2D eigenvalue weighted by Crippen LogP contribution is 2.13. The monoisotopic (exact) mass is 350 g/mol. The van der Waals surface area contributed by atoms with Crippen molar-refractivity contribution in [2.75, 3.05) is 7.11 Å². The fraction of sp³-hybridized carbons (Fsp3) is 0.158. The quantitative estimate of drug-likeness (QED) is 0.580. The lowest BCUT2D eigenvalue weighted by molar-refractivity contribution is 0.301. The minimum Gasteiger partial charge on any atom is -0.497 e. The van der Waals surface area contributed by atoms with E-state index in [0.717, 1.165) is 22.7 Å². The van der Waals surface area contributed by atoms with E-state index in [4.69, 9.17) is 9.47 Å². The van der Waals surface area contributed by atoms with Crippen molar-refractivity contribution in [3.8, 4) is 11.5 Å². The zero-order chi connectivity index (χ0) is 17.9. The van der Waals surface area contributed by atoms with Crippen LogP contribution in [0, 0.1) is 0 Å². The average molecular weight is 350 g/mol. The topological polar surface area (TPSA) is 73.6 Å². The lowest BCUT2D eigenvalue weighted by Gasteiger charge is -2.08.